The minimum Gasteiger partial charge on any atom is -0.497 e. The summed E-state index contributed by atoms with van der Waals surface area (Å²) in [5.74, 6) is 1.56. The number of aryl methyl sites for hydroxylation is 2. The molecule has 102 valence electrons. The zero-order valence-electron chi connectivity index (χ0n) is 11.5. The van der Waals surface area contributed by atoms with Gasteiger partial charge in [-0.25, -0.2) is 0 Å². The van der Waals surface area contributed by atoms with E-state index in [-0.39, 0.29) is 0 Å². The number of methoxy groups -OCH3 is 1. The van der Waals surface area contributed by atoms with E-state index >= 15 is 0 Å². The Labute approximate surface area is 112 Å². The molecule has 0 saturated carbocycles. The topological polar surface area (TPSA) is 62.3 Å². The summed E-state index contributed by atoms with van der Waals surface area (Å²) in [7, 11) is 3.54. The molecule has 0 spiro atoms. The van der Waals surface area contributed by atoms with Crippen molar-refractivity contribution in [2.24, 2.45) is 12.8 Å². The Bertz CT molecular complexity index is 564. The van der Waals surface area contributed by atoms with Crippen LogP contribution >= 0.6 is 0 Å². The van der Waals surface area contributed by atoms with Crippen LogP contribution in [0, 0.1) is 6.92 Å². The van der Waals surface area contributed by atoms with Crippen LogP contribution in [0.5, 0.6) is 11.5 Å². The quantitative estimate of drug-likeness (QED) is 0.891. The van der Waals surface area contributed by atoms with Crippen molar-refractivity contribution in [3.05, 3.63) is 41.2 Å². The molecule has 0 saturated heterocycles. The van der Waals surface area contributed by atoms with E-state index in [0.29, 0.717) is 13.2 Å². The van der Waals surface area contributed by atoms with E-state index in [2.05, 4.69) is 5.10 Å². The molecule has 0 fully saturated rings. The molecule has 19 heavy (non-hydrogen) atoms. The maximum absolute atomic E-state index is 5.81. The molecule has 2 rings (SSSR count). The minimum atomic E-state index is 0.414. The molecular formula is C14H19N3O2. The summed E-state index contributed by atoms with van der Waals surface area (Å²) in [6.07, 6.45) is 0. The van der Waals surface area contributed by atoms with Gasteiger partial charge in [-0.2, -0.15) is 5.10 Å². The lowest BCUT2D eigenvalue weighted by Crippen LogP contribution is -2.06. The van der Waals surface area contributed by atoms with E-state index in [9.17, 15) is 0 Å². The van der Waals surface area contributed by atoms with E-state index in [4.69, 9.17) is 15.2 Å². The molecule has 0 amide bonds. The van der Waals surface area contributed by atoms with E-state index in [1.165, 1.54) is 0 Å². The van der Waals surface area contributed by atoms with Gasteiger partial charge in [0, 0.05) is 19.2 Å². The fourth-order valence-corrected chi connectivity index (χ4v) is 1.93. The van der Waals surface area contributed by atoms with E-state index in [0.717, 1.165) is 28.5 Å². The fraction of sp³-hybridized carbons (Fsp3) is 0.357. The Kier molecular flexibility index (Phi) is 4.06. The van der Waals surface area contributed by atoms with Crippen molar-refractivity contribution in [3.63, 3.8) is 0 Å². The van der Waals surface area contributed by atoms with Crippen molar-refractivity contribution in [1.82, 2.24) is 9.78 Å². The molecule has 2 N–H and O–H groups in total. The number of hydrogen-bond acceptors (Lipinski definition) is 4. The van der Waals surface area contributed by atoms with Crippen LogP contribution in [-0.2, 0) is 20.2 Å². The first-order chi connectivity index (χ1) is 9.13. The minimum absolute atomic E-state index is 0.414. The van der Waals surface area contributed by atoms with Crippen molar-refractivity contribution in [2.45, 2.75) is 20.1 Å². The van der Waals surface area contributed by atoms with Crippen LogP contribution in [0.25, 0.3) is 0 Å². The normalized spacial score (nSPS) is 10.5. The molecule has 0 unspecified atom stereocenters. The van der Waals surface area contributed by atoms with Crippen LogP contribution in [0.15, 0.2) is 24.3 Å². The summed E-state index contributed by atoms with van der Waals surface area (Å²) in [6.45, 7) is 2.84. The highest BCUT2D eigenvalue weighted by atomic mass is 16.5. The average Bonchev–Trinajstić information content (AvgIpc) is 2.74. The molecule has 1 aromatic heterocycles. The van der Waals surface area contributed by atoms with E-state index in [1.54, 1.807) is 7.11 Å². The SMILES string of the molecule is COc1ccc(OCc2cc(C)nn2C)c(CN)c1. The molecule has 5 heteroatoms. The number of rotatable bonds is 5. The Balaban J connectivity index is 2.13. The van der Waals surface area contributed by atoms with Gasteiger partial charge in [0.1, 0.15) is 18.1 Å². The molecule has 0 radical (unpaired) electrons. The average molecular weight is 261 g/mol. The molecule has 2 aromatic rings. The molecule has 0 atom stereocenters. The highest BCUT2D eigenvalue weighted by molar-refractivity contribution is 5.40. The van der Waals surface area contributed by atoms with Crippen molar-refractivity contribution >= 4 is 0 Å². The lowest BCUT2D eigenvalue weighted by molar-refractivity contribution is 0.291. The number of nitrogens with zero attached hydrogens (tertiary/aromatic N) is 2. The third-order valence-electron chi connectivity index (χ3n) is 2.96. The number of aromatic nitrogens is 2. The van der Waals surface area contributed by atoms with Crippen molar-refractivity contribution in [2.75, 3.05) is 7.11 Å². The van der Waals surface area contributed by atoms with Crippen molar-refractivity contribution < 1.29 is 9.47 Å². The summed E-state index contributed by atoms with van der Waals surface area (Å²) in [5.41, 5.74) is 8.66. The Hall–Kier alpha value is -2.01. The monoisotopic (exact) mass is 261 g/mol. The molecule has 5 nitrogen and oxygen atoms in total. The van der Waals surface area contributed by atoms with Gasteiger partial charge in [0.15, 0.2) is 0 Å². The van der Waals surface area contributed by atoms with Gasteiger partial charge < -0.3 is 15.2 Å². The number of nitrogens with two attached hydrogens (primary N) is 1. The third kappa shape index (κ3) is 3.06. The summed E-state index contributed by atoms with van der Waals surface area (Å²) in [4.78, 5) is 0. The maximum atomic E-state index is 5.81. The first kappa shape index (κ1) is 13.4. The van der Waals surface area contributed by atoms with E-state index < -0.39 is 0 Å². The first-order valence-corrected chi connectivity index (χ1v) is 6.13. The molecular weight excluding hydrogens is 242 g/mol. The smallest absolute Gasteiger partial charge is 0.130 e. The van der Waals surface area contributed by atoms with Crippen LogP contribution in [0.1, 0.15) is 17.0 Å². The zero-order chi connectivity index (χ0) is 13.8. The van der Waals surface area contributed by atoms with Crippen molar-refractivity contribution in [1.29, 1.82) is 0 Å². The Morgan fingerprint density at radius 1 is 1.32 bits per heavy atom. The molecule has 1 heterocycles. The summed E-state index contributed by atoms with van der Waals surface area (Å²) in [6, 6.07) is 7.64. The first-order valence-electron chi connectivity index (χ1n) is 6.13. The Morgan fingerprint density at radius 2 is 2.11 bits per heavy atom. The lowest BCUT2D eigenvalue weighted by Gasteiger charge is -2.11. The molecule has 0 bridgehead atoms. The molecule has 0 aliphatic rings. The highest BCUT2D eigenvalue weighted by Crippen LogP contribution is 2.24. The predicted molar refractivity (Wildman–Crippen MR) is 73.2 cm³/mol. The second-order valence-electron chi connectivity index (χ2n) is 4.37. The molecule has 1 aromatic carbocycles. The van der Waals surface area contributed by atoms with Gasteiger partial charge in [0.25, 0.3) is 0 Å². The van der Waals surface area contributed by atoms with Crippen LogP contribution in [0.2, 0.25) is 0 Å². The summed E-state index contributed by atoms with van der Waals surface area (Å²) < 4.78 is 12.8. The summed E-state index contributed by atoms with van der Waals surface area (Å²) in [5, 5.41) is 4.29. The highest BCUT2D eigenvalue weighted by Gasteiger charge is 2.07. The third-order valence-corrected chi connectivity index (χ3v) is 2.96. The fourth-order valence-electron chi connectivity index (χ4n) is 1.93. The second-order valence-corrected chi connectivity index (χ2v) is 4.37. The van der Waals surface area contributed by atoms with Gasteiger partial charge in [-0.15, -0.1) is 0 Å². The van der Waals surface area contributed by atoms with Crippen molar-refractivity contribution in [3.8, 4) is 11.5 Å². The van der Waals surface area contributed by atoms with Crippen LogP contribution in [0.4, 0.5) is 0 Å². The van der Waals surface area contributed by atoms with Crippen LogP contribution in [0.3, 0.4) is 0 Å². The molecule has 0 aliphatic carbocycles. The van der Waals surface area contributed by atoms with Crippen LogP contribution in [-0.4, -0.2) is 16.9 Å². The van der Waals surface area contributed by atoms with Crippen LogP contribution < -0.4 is 15.2 Å². The van der Waals surface area contributed by atoms with Gasteiger partial charge in [-0.1, -0.05) is 0 Å². The van der Waals surface area contributed by atoms with Gasteiger partial charge in [-0.3, -0.25) is 4.68 Å². The zero-order valence-corrected chi connectivity index (χ0v) is 11.5. The van der Waals surface area contributed by atoms with Gasteiger partial charge in [0.05, 0.1) is 18.5 Å². The number of benzene rings is 1. The number of ether oxygens (including phenoxy) is 2. The predicted octanol–water partition coefficient (Wildman–Crippen LogP) is 1.77. The largest absolute Gasteiger partial charge is 0.497 e. The molecule has 0 aliphatic heterocycles. The standard InChI is InChI=1S/C14H19N3O2/c1-10-6-12(17(2)16-10)9-19-14-5-4-13(18-3)7-11(14)8-15/h4-7H,8-9,15H2,1-3H3. The Morgan fingerprint density at radius 3 is 2.68 bits per heavy atom. The second kappa shape index (κ2) is 5.75. The summed E-state index contributed by atoms with van der Waals surface area (Å²) >= 11 is 0. The van der Waals surface area contributed by atoms with Gasteiger partial charge >= 0.3 is 0 Å². The van der Waals surface area contributed by atoms with Gasteiger partial charge in [-0.05, 0) is 31.2 Å². The van der Waals surface area contributed by atoms with Gasteiger partial charge in [0.2, 0.25) is 0 Å². The number of hydrogen-bond donors (Lipinski definition) is 1. The maximum Gasteiger partial charge on any atom is 0.130 e. The lowest BCUT2D eigenvalue weighted by atomic mass is 10.2. The van der Waals surface area contributed by atoms with E-state index in [1.807, 2.05) is 42.9 Å².